The summed E-state index contributed by atoms with van der Waals surface area (Å²) in [6.07, 6.45) is 12.5. The van der Waals surface area contributed by atoms with E-state index in [1.54, 1.807) is 7.11 Å². The fourth-order valence-corrected chi connectivity index (χ4v) is 5.11. The van der Waals surface area contributed by atoms with Gasteiger partial charge in [-0.2, -0.15) is 0 Å². The first-order valence-corrected chi connectivity index (χ1v) is 12.3. The van der Waals surface area contributed by atoms with Gasteiger partial charge < -0.3 is 18.8 Å². The standard InChI is InChI=1S/C26H40N2O3/c1-4-5-6-7-8-9-14-28-19-22(24-11-10-23(29-3)17-25(24)28)18-27-15-12-26(13-16-27)30-20-21(2)31-26/h10-11,17,19,21H,4-9,12-16,18,20H2,1-3H3/t21-/m0/s1. The molecule has 5 nitrogen and oxygen atoms in total. The topological polar surface area (TPSA) is 35.9 Å². The third-order valence-corrected chi connectivity index (χ3v) is 6.93. The summed E-state index contributed by atoms with van der Waals surface area (Å²) < 4.78 is 20.1. The minimum Gasteiger partial charge on any atom is -0.497 e. The maximum Gasteiger partial charge on any atom is 0.171 e. The summed E-state index contributed by atoms with van der Waals surface area (Å²) in [4.78, 5) is 2.55. The van der Waals surface area contributed by atoms with Gasteiger partial charge in [0.2, 0.25) is 0 Å². The van der Waals surface area contributed by atoms with Crippen molar-refractivity contribution in [1.82, 2.24) is 9.47 Å². The number of benzene rings is 1. The Morgan fingerprint density at radius 3 is 2.58 bits per heavy atom. The van der Waals surface area contributed by atoms with E-state index >= 15 is 0 Å². The van der Waals surface area contributed by atoms with Crippen LogP contribution in [0.15, 0.2) is 24.4 Å². The second-order valence-electron chi connectivity index (χ2n) is 9.42. The molecule has 0 amide bonds. The number of aromatic nitrogens is 1. The van der Waals surface area contributed by atoms with Gasteiger partial charge in [0.05, 0.1) is 25.3 Å². The van der Waals surface area contributed by atoms with E-state index in [1.807, 2.05) is 0 Å². The van der Waals surface area contributed by atoms with Gasteiger partial charge in [-0.3, -0.25) is 4.90 Å². The van der Waals surface area contributed by atoms with E-state index in [4.69, 9.17) is 14.2 Å². The zero-order chi connectivity index (χ0) is 21.7. The number of hydrogen-bond donors (Lipinski definition) is 0. The number of unbranched alkanes of at least 4 members (excludes halogenated alkanes) is 5. The first-order chi connectivity index (χ1) is 15.1. The molecule has 3 heterocycles. The highest BCUT2D eigenvalue weighted by Crippen LogP contribution is 2.35. The third-order valence-electron chi connectivity index (χ3n) is 6.93. The van der Waals surface area contributed by atoms with Crippen molar-refractivity contribution in [3.8, 4) is 5.75 Å². The monoisotopic (exact) mass is 428 g/mol. The Kier molecular flexibility index (Phi) is 7.57. The average molecular weight is 429 g/mol. The van der Waals surface area contributed by atoms with Crippen LogP contribution in [0.4, 0.5) is 0 Å². The number of likely N-dealkylation sites (tertiary alicyclic amines) is 1. The van der Waals surface area contributed by atoms with Crippen molar-refractivity contribution in [3.63, 3.8) is 0 Å². The molecule has 2 fully saturated rings. The molecular formula is C26H40N2O3. The molecule has 2 aliphatic rings. The smallest absolute Gasteiger partial charge is 0.171 e. The Labute approximate surface area is 187 Å². The van der Waals surface area contributed by atoms with Crippen LogP contribution in [0.2, 0.25) is 0 Å². The molecule has 31 heavy (non-hydrogen) atoms. The second kappa shape index (κ2) is 10.4. The summed E-state index contributed by atoms with van der Waals surface area (Å²) >= 11 is 0. The van der Waals surface area contributed by atoms with Crippen LogP contribution < -0.4 is 4.74 Å². The molecular weight excluding hydrogens is 388 g/mol. The van der Waals surface area contributed by atoms with Crippen molar-refractivity contribution >= 4 is 10.9 Å². The van der Waals surface area contributed by atoms with Crippen molar-refractivity contribution in [2.75, 3.05) is 26.8 Å². The summed E-state index contributed by atoms with van der Waals surface area (Å²) in [7, 11) is 1.75. The van der Waals surface area contributed by atoms with E-state index < -0.39 is 0 Å². The minimum atomic E-state index is -0.324. The zero-order valence-electron chi connectivity index (χ0n) is 19.7. The molecule has 0 N–H and O–H groups in total. The summed E-state index contributed by atoms with van der Waals surface area (Å²) in [5.74, 6) is 0.612. The van der Waals surface area contributed by atoms with Gasteiger partial charge in [-0.15, -0.1) is 0 Å². The number of ether oxygens (including phenoxy) is 3. The summed E-state index contributed by atoms with van der Waals surface area (Å²) in [6, 6.07) is 6.52. The summed E-state index contributed by atoms with van der Waals surface area (Å²) in [6.45, 7) is 9.22. The molecule has 0 bridgehead atoms. The quantitative estimate of drug-likeness (QED) is 0.452. The average Bonchev–Trinajstić information content (AvgIpc) is 3.32. The molecule has 1 atom stereocenters. The van der Waals surface area contributed by atoms with Gasteiger partial charge in [-0.25, -0.2) is 0 Å². The molecule has 0 aliphatic carbocycles. The zero-order valence-corrected chi connectivity index (χ0v) is 19.7. The molecule has 172 valence electrons. The molecule has 0 radical (unpaired) electrons. The number of piperidine rings is 1. The molecule has 2 saturated heterocycles. The van der Waals surface area contributed by atoms with E-state index in [2.05, 4.69) is 47.7 Å². The molecule has 1 aromatic heterocycles. The van der Waals surface area contributed by atoms with Crippen molar-refractivity contribution in [1.29, 1.82) is 0 Å². The number of aryl methyl sites for hydroxylation is 1. The maximum absolute atomic E-state index is 6.10. The lowest BCUT2D eigenvalue weighted by molar-refractivity contribution is -0.193. The highest BCUT2D eigenvalue weighted by Gasteiger charge is 2.42. The van der Waals surface area contributed by atoms with Crippen LogP contribution in [0, 0.1) is 0 Å². The second-order valence-corrected chi connectivity index (χ2v) is 9.42. The Hall–Kier alpha value is -1.56. The van der Waals surface area contributed by atoms with Crippen molar-refractivity contribution < 1.29 is 14.2 Å². The predicted octanol–water partition coefficient (Wildman–Crippen LogP) is 5.74. The summed E-state index contributed by atoms with van der Waals surface area (Å²) in [5, 5.41) is 1.36. The number of fused-ring (bicyclic) bond motifs is 1. The molecule has 5 heteroatoms. The highest BCUT2D eigenvalue weighted by atomic mass is 16.7. The van der Waals surface area contributed by atoms with E-state index in [0.717, 1.165) is 51.4 Å². The van der Waals surface area contributed by atoms with E-state index in [-0.39, 0.29) is 11.9 Å². The van der Waals surface area contributed by atoms with Crippen molar-refractivity contribution in [2.45, 2.75) is 90.2 Å². The van der Waals surface area contributed by atoms with Crippen LogP contribution in [0.1, 0.15) is 70.8 Å². The number of hydrogen-bond acceptors (Lipinski definition) is 4. The van der Waals surface area contributed by atoms with Gasteiger partial charge in [0.1, 0.15) is 5.75 Å². The van der Waals surface area contributed by atoms with E-state index in [9.17, 15) is 0 Å². The number of rotatable bonds is 10. The molecule has 1 spiro atoms. The van der Waals surface area contributed by atoms with Crippen LogP contribution in [-0.4, -0.2) is 48.2 Å². The largest absolute Gasteiger partial charge is 0.497 e. The SMILES string of the molecule is CCCCCCCCn1cc(CN2CCC3(CC2)OC[C@H](C)O3)c2ccc(OC)cc21. The Balaban J connectivity index is 1.41. The predicted molar refractivity (Wildman–Crippen MR) is 126 cm³/mol. The van der Waals surface area contributed by atoms with Crippen LogP contribution in [0.25, 0.3) is 10.9 Å². The van der Waals surface area contributed by atoms with Gasteiger partial charge in [-0.05, 0) is 31.0 Å². The molecule has 0 unspecified atom stereocenters. The fourth-order valence-electron chi connectivity index (χ4n) is 5.11. The van der Waals surface area contributed by atoms with Crippen LogP contribution >= 0.6 is 0 Å². The fraction of sp³-hybridized carbons (Fsp3) is 0.692. The van der Waals surface area contributed by atoms with Gasteiger partial charge in [0.15, 0.2) is 5.79 Å². The van der Waals surface area contributed by atoms with Gasteiger partial charge in [0, 0.05) is 56.7 Å². The van der Waals surface area contributed by atoms with Crippen LogP contribution in [0.5, 0.6) is 5.75 Å². The molecule has 4 rings (SSSR count). The van der Waals surface area contributed by atoms with Crippen molar-refractivity contribution in [2.24, 2.45) is 0 Å². The maximum atomic E-state index is 6.10. The first-order valence-electron chi connectivity index (χ1n) is 12.3. The normalized spacial score (nSPS) is 21.3. The lowest BCUT2D eigenvalue weighted by Gasteiger charge is -2.37. The van der Waals surface area contributed by atoms with Crippen molar-refractivity contribution in [3.05, 3.63) is 30.0 Å². The van der Waals surface area contributed by atoms with E-state index in [1.165, 1.54) is 55.0 Å². The van der Waals surface area contributed by atoms with E-state index in [0.29, 0.717) is 0 Å². The number of nitrogens with zero attached hydrogens (tertiary/aromatic N) is 2. The summed E-state index contributed by atoms with van der Waals surface area (Å²) in [5.41, 5.74) is 2.72. The van der Waals surface area contributed by atoms with Gasteiger partial charge in [0.25, 0.3) is 0 Å². The Bertz CT molecular complexity index is 839. The minimum absolute atomic E-state index is 0.224. The lowest BCUT2D eigenvalue weighted by atomic mass is 10.0. The first kappa shape index (κ1) is 22.6. The van der Waals surface area contributed by atoms with Crippen LogP contribution in [-0.2, 0) is 22.6 Å². The molecule has 2 aromatic rings. The Morgan fingerprint density at radius 2 is 1.87 bits per heavy atom. The lowest BCUT2D eigenvalue weighted by Crippen LogP contribution is -2.45. The Morgan fingerprint density at radius 1 is 1.10 bits per heavy atom. The highest BCUT2D eigenvalue weighted by molar-refractivity contribution is 5.85. The number of methoxy groups -OCH3 is 1. The van der Waals surface area contributed by atoms with Gasteiger partial charge >= 0.3 is 0 Å². The molecule has 1 aromatic carbocycles. The third kappa shape index (κ3) is 5.44. The van der Waals surface area contributed by atoms with Crippen LogP contribution in [0.3, 0.4) is 0 Å². The molecule has 2 aliphatic heterocycles. The molecule has 0 saturated carbocycles. The van der Waals surface area contributed by atoms with Gasteiger partial charge in [-0.1, -0.05) is 39.0 Å².